The molecule has 1 saturated heterocycles. The molecule has 1 aromatic rings. The number of aromatic hydroxyl groups is 1. The average molecular weight is 266 g/mol. The number of phenolic OH excluding ortho intramolecular Hbond substituents is 1. The van der Waals surface area contributed by atoms with Gasteiger partial charge < -0.3 is 15.7 Å². The van der Waals surface area contributed by atoms with E-state index in [0.717, 1.165) is 25.5 Å². The predicted octanol–water partition coefficient (Wildman–Crippen LogP) is 2.25. The van der Waals surface area contributed by atoms with E-state index in [2.05, 4.69) is 10.6 Å². The van der Waals surface area contributed by atoms with Gasteiger partial charge >= 0.3 is 0 Å². The second kappa shape index (κ2) is 5.17. The molecule has 1 heterocycles. The molecule has 19 heavy (non-hydrogen) atoms. The summed E-state index contributed by atoms with van der Waals surface area (Å²) in [6.45, 7) is 4.90. The van der Waals surface area contributed by atoms with E-state index in [1.54, 1.807) is 0 Å². The number of amides is 1. The zero-order valence-corrected chi connectivity index (χ0v) is 11.2. The first-order valence-corrected chi connectivity index (χ1v) is 6.43. The van der Waals surface area contributed by atoms with Crippen molar-refractivity contribution in [1.29, 1.82) is 0 Å². The van der Waals surface area contributed by atoms with Gasteiger partial charge in [0.2, 0.25) is 5.91 Å². The standard InChI is InChI=1S/C14H19FN2O2/c1-14(2)6-3-7-16-12(14)13(19)17-9-4-5-11(18)10(15)8-9/h4-5,8,12,16,18H,3,6-7H2,1-2H3,(H,17,19). The number of nitrogens with one attached hydrogen (secondary N) is 2. The quantitative estimate of drug-likeness (QED) is 0.719. The summed E-state index contributed by atoms with van der Waals surface area (Å²) < 4.78 is 13.2. The van der Waals surface area contributed by atoms with Crippen LogP contribution in [0.2, 0.25) is 0 Å². The van der Waals surface area contributed by atoms with Gasteiger partial charge in [-0.15, -0.1) is 0 Å². The predicted molar refractivity (Wildman–Crippen MR) is 71.5 cm³/mol. The Hall–Kier alpha value is -1.62. The van der Waals surface area contributed by atoms with Crippen molar-refractivity contribution in [2.24, 2.45) is 5.41 Å². The highest BCUT2D eigenvalue weighted by Crippen LogP contribution is 2.31. The lowest BCUT2D eigenvalue weighted by atomic mass is 9.77. The van der Waals surface area contributed by atoms with E-state index >= 15 is 0 Å². The van der Waals surface area contributed by atoms with Crippen molar-refractivity contribution in [2.75, 3.05) is 11.9 Å². The summed E-state index contributed by atoms with van der Waals surface area (Å²) in [5.41, 5.74) is 0.223. The summed E-state index contributed by atoms with van der Waals surface area (Å²) in [5.74, 6) is -1.34. The third kappa shape index (κ3) is 3.04. The Morgan fingerprint density at radius 3 is 2.89 bits per heavy atom. The Balaban J connectivity index is 2.09. The molecule has 0 saturated carbocycles. The van der Waals surface area contributed by atoms with Gasteiger partial charge in [0.25, 0.3) is 0 Å². The molecule has 0 aromatic heterocycles. The smallest absolute Gasteiger partial charge is 0.242 e. The fourth-order valence-electron chi connectivity index (χ4n) is 2.46. The maximum absolute atomic E-state index is 13.2. The molecule has 0 bridgehead atoms. The SMILES string of the molecule is CC1(C)CCCNC1C(=O)Nc1ccc(O)c(F)c1. The molecule has 0 spiro atoms. The molecule has 4 nitrogen and oxygen atoms in total. The summed E-state index contributed by atoms with van der Waals surface area (Å²) in [6.07, 6.45) is 2.02. The Kier molecular flexibility index (Phi) is 3.75. The van der Waals surface area contributed by atoms with E-state index in [-0.39, 0.29) is 17.4 Å². The van der Waals surface area contributed by atoms with Gasteiger partial charge in [-0.3, -0.25) is 4.79 Å². The molecule has 1 unspecified atom stereocenters. The molecule has 1 atom stereocenters. The number of benzene rings is 1. The summed E-state index contributed by atoms with van der Waals surface area (Å²) in [4.78, 5) is 12.2. The van der Waals surface area contributed by atoms with Crippen LogP contribution in [0, 0.1) is 11.2 Å². The number of hydrogen-bond acceptors (Lipinski definition) is 3. The average Bonchev–Trinajstić information content (AvgIpc) is 2.33. The zero-order valence-electron chi connectivity index (χ0n) is 11.2. The highest BCUT2D eigenvalue weighted by molar-refractivity contribution is 5.95. The first-order chi connectivity index (χ1) is 8.90. The highest BCUT2D eigenvalue weighted by Gasteiger charge is 2.37. The molecule has 1 amide bonds. The number of anilines is 1. The van der Waals surface area contributed by atoms with Crippen molar-refractivity contribution < 1.29 is 14.3 Å². The summed E-state index contributed by atoms with van der Waals surface area (Å²) >= 11 is 0. The topological polar surface area (TPSA) is 61.4 Å². The fourth-order valence-corrected chi connectivity index (χ4v) is 2.46. The van der Waals surface area contributed by atoms with Crippen molar-refractivity contribution >= 4 is 11.6 Å². The van der Waals surface area contributed by atoms with Crippen molar-refractivity contribution in [3.63, 3.8) is 0 Å². The number of hydrogen-bond donors (Lipinski definition) is 3. The van der Waals surface area contributed by atoms with Crippen LogP contribution in [-0.2, 0) is 4.79 Å². The Bertz CT molecular complexity index is 488. The molecule has 1 aliphatic rings. The first-order valence-electron chi connectivity index (χ1n) is 6.43. The Morgan fingerprint density at radius 2 is 2.26 bits per heavy atom. The number of carbonyl (C=O) groups is 1. The van der Waals surface area contributed by atoms with Crippen molar-refractivity contribution in [3.05, 3.63) is 24.0 Å². The van der Waals surface area contributed by atoms with Crippen LogP contribution in [0.25, 0.3) is 0 Å². The molecule has 0 radical (unpaired) electrons. The van der Waals surface area contributed by atoms with Gasteiger partial charge in [0, 0.05) is 11.8 Å². The van der Waals surface area contributed by atoms with Crippen LogP contribution in [0.1, 0.15) is 26.7 Å². The van der Waals surface area contributed by atoms with Crippen LogP contribution in [0.3, 0.4) is 0 Å². The minimum absolute atomic E-state index is 0.127. The fraction of sp³-hybridized carbons (Fsp3) is 0.500. The van der Waals surface area contributed by atoms with Gasteiger partial charge in [0.15, 0.2) is 11.6 Å². The Morgan fingerprint density at radius 1 is 1.53 bits per heavy atom. The molecule has 104 valence electrons. The number of rotatable bonds is 2. The van der Waals surface area contributed by atoms with E-state index in [0.29, 0.717) is 5.69 Å². The molecule has 0 aliphatic carbocycles. The van der Waals surface area contributed by atoms with Crippen molar-refractivity contribution in [2.45, 2.75) is 32.7 Å². The lowest BCUT2D eigenvalue weighted by molar-refractivity contribution is -0.121. The van der Waals surface area contributed by atoms with Crippen LogP contribution in [0.5, 0.6) is 5.75 Å². The molecule has 1 fully saturated rings. The normalized spacial score (nSPS) is 21.9. The molecule has 2 rings (SSSR count). The molecule has 1 aromatic carbocycles. The van der Waals surface area contributed by atoms with Gasteiger partial charge in [0.1, 0.15) is 0 Å². The number of phenols is 1. The van der Waals surface area contributed by atoms with E-state index in [4.69, 9.17) is 5.11 Å². The summed E-state index contributed by atoms with van der Waals surface area (Å²) in [6, 6.07) is 3.53. The monoisotopic (exact) mass is 266 g/mol. The maximum atomic E-state index is 13.2. The molecular formula is C14H19FN2O2. The first kappa shape index (κ1) is 13.8. The molecule has 1 aliphatic heterocycles. The lowest BCUT2D eigenvalue weighted by Crippen LogP contribution is -2.53. The third-order valence-electron chi connectivity index (χ3n) is 3.61. The second-order valence-corrected chi connectivity index (χ2v) is 5.63. The van der Waals surface area contributed by atoms with Gasteiger partial charge in [-0.1, -0.05) is 13.8 Å². The van der Waals surface area contributed by atoms with Crippen LogP contribution in [0.4, 0.5) is 10.1 Å². The number of piperidine rings is 1. The van der Waals surface area contributed by atoms with Crippen molar-refractivity contribution in [3.8, 4) is 5.75 Å². The second-order valence-electron chi connectivity index (χ2n) is 5.63. The highest BCUT2D eigenvalue weighted by atomic mass is 19.1. The Labute approximate surface area is 112 Å². The van der Waals surface area contributed by atoms with E-state index in [9.17, 15) is 9.18 Å². The van der Waals surface area contributed by atoms with Gasteiger partial charge in [-0.05, 0) is 36.9 Å². The maximum Gasteiger partial charge on any atom is 0.242 e. The molecule has 3 N–H and O–H groups in total. The largest absolute Gasteiger partial charge is 0.505 e. The molecular weight excluding hydrogens is 247 g/mol. The van der Waals surface area contributed by atoms with Gasteiger partial charge in [-0.25, -0.2) is 4.39 Å². The van der Waals surface area contributed by atoms with Gasteiger partial charge in [-0.2, -0.15) is 0 Å². The third-order valence-corrected chi connectivity index (χ3v) is 3.61. The van der Waals surface area contributed by atoms with E-state index < -0.39 is 11.6 Å². The molecule has 5 heteroatoms. The van der Waals surface area contributed by atoms with Crippen molar-refractivity contribution in [1.82, 2.24) is 5.32 Å². The lowest BCUT2D eigenvalue weighted by Gasteiger charge is -2.38. The van der Waals surface area contributed by atoms with Crippen LogP contribution < -0.4 is 10.6 Å². The minimum atomic E-state index is -0.742. The van der Waals surface area contributed by atoms with E-state index in [1.165, 1.54) is 12.1 Å². The van der Waals surface area contributed by atoms with Crippen LogP contribution >= 0.6 is 0 Å². The van der Waals surface area contributed by atoms with E-state index in [1.807, 2.05) is 13.8 Å². The minimum Gasteiger partial charge on any atom is -0.505 e. The van der Waals surface area contributed by atoms with Crippen LogP contribution in [-0.4, -0.2) is 23.6 Å². The summed E-state index contributed by atoms with van der Waals surface area (Å²) in [5, 5.41) is 15.0. The van der Waals surface area contributed by atoms with Crippen LogP contribution in [0.15, 0.2) is 18.2 Å². The zero-order chi connectivity index (χ0) is 14.0. The summed E-state index contributed by atoms with van der Waals surface area (Å²) in [7, 11) is 0. The number of halogens is 1. The van der Waals surface area contributed by atoms with Gasteiger partial charge in [0.05, 0.1) is 6.04 Å². The number of carbonyl (C=O) groups excluding carboxylic acids is 1.